The predicted molar refractivity (Wildman–Crippen MR) is 51.9 cm³/mol. The number of hydrogen-bond acceptors (Lipinski definition) is 2. The molecule has 0 fully saturated rings. The first kappa shape index (κ1) is 9.96. The Morgan fingerprint density at radius 1 is 1.54 bits per heavy atom. The van der Waals surface area contributed by atoms with Crippen molar-refractivity contribution >= 4 is 6.29 Å². The van der Waals surface area contributed by atoms with Crippen LogP contribution >= 0.6 is 0 Å². The van der Waals surface area contributed by atoms with Gasteiger partial charge in [-0.25, -0.2) is 0 Å². The number of nitrogens with zero attached hydrogens (tertiary/aromatic N) is 2. The smallest absolute Gasteiger partial charge is 0.168 e. The Morgan fingerprint density at radius 2 is 2.31 bits per heavy atom. The Balaban J connectivity index is 2.60. The molecule has 13 heavy (non-hydrogen) atoms. The van der Waals surface area contributed by atoms with E-state index in [9.17, 15) is 4.79 Å². The molecule has 0 radical (unpaired) electrons. The summed E-state index contributed by atoms with van der Waals surface area (Å²) in [6.45, 7) is 4.93. The van der Waals surface area contributed by atoms with Gasteiger partial charge in [0, 0.05) is 6.54 Å². The van der Waals surface area contributed by atoms with Crippen LogP contribution in [0, 0.1) is 6.92 Å². The maximum atomic E-state index is 10.7. The molecule has 0 saturated carbocycles. The van der Waals surface area contributed by atoms with Crippen LogP contribution in [-0.2, 0) is 6.54 Å². The van der Waals surface area contributed by atoms with Crippen LogP contribution in [0.1, 0.15) is 42.2 Å². The number of carbonyl (C=O) groups excluding carboxylic acids is 1. The van der Waals surface area contributed by atoms with Crippen molar-refractivity contribution in [2.24, 2.45) is 0 Å². The van der Waals surface area contributed by atoms with Gasteiger partial charge in [-0.15, -0.1) is 0 Å². The number of hydrogen-bond donors (Lipinski definition) is 0. The molecule has 3 heteroatoms. The van der Waals surface area contributed by atoms with Gasteiger partial charge in [-0.3, -0.25) is 9.48 Å². The lowest BCUT2D eigenvalue weighted by molar-refractivity contribution is 0.111. The molecule has 0 atom stereocenters. The molecule has 0 spiro atoms. The summed E-state index contributed by atoms with van der Waals surface area (Å²) in [7, 11) is 0. The van der Waals surface area contributed by atoms with Gasteiger partial charge in [0.05, 0.1) is 6.20 Å². The number of unbranched alkanes of at least 4 members (excludes halogenated alkanes) is 2. The molecule has 0 aliphatic carbocycles. The highest BCUT2D eigenvalue weighted by molar-refractivity contribution is 5.74. The summed E-state index contributed by atoms with van der Waals surface area (Å²) < 4.78 is 1.79. The Hall–Kier alpha value is -1.12. The van der Waals surface area contributed by atoms with Gasteiger partial charge in [0.2, 0.25) is 0 Å². The monoisotopic (exact) mass is 180 g/mol. The van der Waals surface area contributed by atoms with Gasteiger partial charge in [-0.1, -0.05) is 19.8 Å². The van der Waals surface area contributed by atoms with E-state index in [-0.39, 0.29) is 0 Å². The van der Waals surface area contributed by atoms with Crippen LogP contribution in [0.5, 0.6) is 0 Å². The fourth-order valence-corrected chi connectivity index (χ4v) is 1.33. The lowest BCUT2D eigenvalue weighted by Crippen LogP contribution is -2.04. The number of aromatic nitrogens is 2. The highest BCUT2D eigenvalue weighted by Crippen LogP contribution is 2.06. The van der Waals surface area contributed by atoms with Crippen LogP contribution in [0.15, 0.2) is 6.20 Å². The highest BCUT2D eigenvalue weighted by Gasteiger charge is 2.04. The van der Waals surface area contributed by atoms with Gasteiger partial charge in [-0.05, 0) is 18.9 Å². The Morgan fingerprint density at radius 3 is 2.92 bits per heavy atom. The van der Waals surface area contributed by atoms with Gasteiger partial charge in [0.15, 0.2) is 6.29 Å². The lowest BCUT2D eigenvalue weighted by Gasteiger charge is -2.02. The summed E-state index contributed by atoms with van der Waals surface area (Å²) in [5.74, 6) is 0. The van der Waals surface area contributed by atoms with Crippen molar-refractivity contribution in [2.45, 2.75) is 39.7 Å². The maximum Gasteiger partial charge on any atom is 0.168 e. The average molecular weight is 180 g/mol. The van der Waals surface area contributed by atoms with E-state index in [1.807, 2.05) is 6.92 Å². The molecule has 1 aromatic heterocycles. The van der Waals surface area contributed by atoms with Crippen molar-refractivity contribution in [3.8, 4) is 0 Å². The van der Waals surface area contributed by atoms with Gasteiger partial charge >= 0.3 is 0 Å². The fraction of sp³-hybridized carbons (Fsp3) is 0.600. The normalized spacial score (nSPS) is 10.3. The second-order valence-electron chi connectivity index (χ2n) is 3.26. The molecule has 0 aliphatic rings. The molecule has 0 N–H and O–H groups in total. The number of carbonyl (C=O) groups is 1. The zero-order valence-electron chi connectivity index (χ0n) is 8.29. The Kier molecular flexibility index (Phi) is 3.68. The predicted octanol–water partition coefficient (Wildman–Crippen LogP) is 2.19. The van der Waals surface area contributed by atoms with E-state index < -0.39 is 0 Å². The highest BCUT2D eigenvalue weighted by atomic mass is 16.1. The standard InChI is InChI=1S/C10H16N2O/c1-3-4-5-6-12-10(8-13)9(2)7-11-12/h7-8H,3-6H2,1-2H3. The first-order valence-corrected chi connectivity index (χ1v) is 4.77. The topological polar surface area (TPSA) is 34.9 Å². The second-order valence-corrected chi connectivity index (χ2v) is 3.26. The van der Waals surface area contributed by atoms with Crippen molar-refractivity contribution in [2.75, 3.05) is 0 Å². The van der Waals surface area contributed by atoms with Crippen molar-refractivity contribution in [3.05, 3.63) is 17.5 Å². The molecule has 1 heterocycles. The molecule has 3 nitrogen and oxygen atoms in total. The largest absolute Gasteiger partial charge is 0.296 e. The molecule has 1 aromatic rings. The van der Waals surface area contributed by atoms with Crippen molar-refractivity contribution < 1.29 is 4.79 Å². The third-order valence-corrected chi connectivity index (χ3v) is 2.16. The zero-order valence-corrected chi connectivity index (χ0v) is 8.29. The molecule has 0 unspecified atom stereocenters. The Labute approximate surface area is 78.8 Å². The summed E-state index contributed by atoms with van der Waals surface area (Å²) in [6, 6.07) is 0. The molecular weight excluding hydrogens is 164 g/mol. The van der Waals surface area contributed by atoms with Gasteiger partial charge in [0.25, 0.3) is 0 Å². The van der Waals surface area contributed by atoms with E-state index in [0.717, 1.165) is 30.5 Å². The molecule has 0 bridgehead atoms. The quantitative estimate of drug-likeness (QED) is 0.514. The minimum absolute atomic E-state index is 0.719. The van der Waals surface area contributed by atoms with Crippen LogP contribution in [0.3, 0.4) is 0 Å². The van der Waals surface area contributed by atoms with E-state index in [0.29, 0.717) is 0 Å². The van der Waals surface area contributed by atoms with Crippen LogP contribution < -0.4 is 0 Å². The third-order valence-electron chi connectivity index (χ3n) is 2.16. The average Bonchev–Trinajstić information content (AvgIpc) is 2.47. The van der Waals surface area contributed by atoms with Crippen LogP contribution in [0.4, 0.5) is 0 Å². The summed E-state index contributed by atoms with van der Waals surface area (Å²) in [6.07, 6.45) is 6.11. The van der Waals surface area contributed by atoms with E-state index >= 15 is 0 Å². The first-order valence-electron chi connectivity index (χ1n) is 4.77. The summed E-state index contributed by atoms with van der Waals surface area (Å²) in [4.78, 5) is 10.7. The van der Waals surface area contributed by atoms with Crippen LogP contribution in [-0.4, -0.2) is 16.1 Å². The second kappa shape index (κ2) is 4.80. The number of aldehydes is 1. The van der Waals surface area contributed by atoms with Crippen LogP contribution in [0.25, 0.3) is 0 Å². The van der Waals surface area contributed by atoms with E-state index in [2.05, 4.69) is 12.0 Å². The molecular formula is C10H16N2O. The van der Waals surface area contributed by atoms with Gasteiger partial charge in [0.1, 0.15) is 5.69 Å². The van der Waals surface area contributed by atoms with Crippen LogP contribution in [0.2, 0.25) is 0 Å². The summed E-state index contributed by atoms with van der Waals surface area (Å²) >= 11 is 0. The SMILES string of the molecule is CCCCCn1ncc(C)c1C=O. The minimum Gasteiger partial charge on any atom is -0.296 e. The van der Waals surface area contributed by atoms with E-state index in [1.165, 1.54) is 12.8 Å². The lowest BCUT2D eigenvalue weighted by atomic mass is 10.2. The molecule has 0 aliphatic heterocycles. The minimum atomic E-state index is 0.719. The van der Waals surface area contributed by atoms with Gasteiger partial charge < -0.3 is 0 Å². The molecule has 1 rings (SSSR count). The molecule has 0 aromatic carbocycles. The summed E-state index contributed by atoms with van der Waals surface area (Å²) in [5.41, 5.74) is 1.68. The maximum absolute atomic E-state index is 10.7. The molecule has 0 amide bonds. The molecule has 72 valence electrons. The van der Waals surface area contributed by atoms with Crippen molar-refractivity contribution in [1.82, 2.24) is 9.78 Å². The fourth-order valence-electron chi connectivity index (χ4n) is 1.33. The Bertz CT molecular complexity index is 278. The van der Waals surface area contributed by atoms with Crippen molar-refractivity contribution in [3.63, 3.8) is 0 Å². The number of aryl methyl sites for hydroxylation is 2. The zero-order chi connectivity index (χ0) is 9.68. The third kappa shape index (κ3) is 2.41. The van der Waals surface area contributed by atoms with E-state index in [4.69, 9.17) is 0 Å². The molecule has 0 saturated heterocycles. The first-order chi connectivity index (χ1) is 6.29. The van der Waals surface area contributed by atoms with Gasteiger partial charge in [-0.2, -0.15) is 5.10 Å². The van der Waals surface area contributed by atoms with Crippen molar-refractivity contribution in [1.29, 1.82) is 0 Å². The summed E-state index contributed by atoms with van der Waals surface area (Å²) in [5, 5.41) is 4.14. The van der Waals surface area contributed by atoms with E-state index in [1.54, 1.807) is 10.9 Å². The number of rotatable bonds is 5.